The third-order valence-corrected chi connectivity index (χ3v) is 3.09. The minimum Gasteiger partial charge on any atom is -0.396 e. The van der Waals surface area contributed by atoms with Crippen LogP contribution in [0.3, 0.4) is 0 Å². The molecule has 0 bridgehead atoms. The van der Waals surface area contributed by atoms with Crippen LogP contribution in [0.25, 0.3) is 0 Å². The average Bonchev–Trinajstić information content (AvgIpc) is 2.05. The monoisotopic (exact) mass is 156 g/mol. The van der Waals surface area contributed by atoms with E-state index in [0.717, 1.165) is 11.8 Å². The standard InChI is InChI=1S/C10H20O/c1-8(2)10-5-3-9(7-11)4-6-10/h8-11H,3-7H2,1-2H3. The molecule has 0 aromatic rings. The molecule has 0 aliphatic heterocycles. The maximum absolute atomic E-state index is 8.92. The van der Waals surface area contributed by atoms with Gasteiger partial charge in [-0.3, -0.25) is 0 Å². The zero-order valence-corrected chi connectivity index (χ0v) is 7.71. The van der Waals surface area contributed by atoms with Crippen LogP contribution in [0, 0.1) is 17.8 Å². The summed E-state index contributed by atoms with van der Waals surface area (Å²) in [7, 11) is 0. The van der Waals surface area contributed by atoms with Gasteiger partial charge in [-0.2, -0.15) is 0 Å². The van der Waals surface area contributed by atoms with Gasteiger partial charge in [-0.05, 0) is 43.4 Å². The summed E-state index contributed by atoms with van der Waals surface area (Å²) in [5, 5.41) is 8.92. The van der Waals surface area contributed by atoms with Crippen molar-refractivity contribution in [3.05, 3.63) is 0 Å². The average molecular weight is 156 g/mol. The molecule has 0 amide bonds. The molecule has 0 unspecified atom stereocenters. The molecular formula is C10H20O. The van der Waals surface area contributed by atoms with Crippen molar-refractivity contribution < 1.29 is 5.11 Å². The van der Waals surface area contributed by atoms with E-state index in [1.165, 1.54) is 25.7 Å². The van der Waals surface area contributed by atoms with Crippen LogP contribution in [0.2, 0.25) is 0 Å². The molecule has 1 fully saturated rings. The maximum Gasteiger partial charge on any atom is 0.0459 e. The van der Waals surface area contributed by atoms with Gasteiger partial charge in [0.2, 0.25) is 0 Å². The first-order chi connectivity index (χ1) is 5.24. The molecule has 0 saturated heterocycles. The van der Waals surface area contributed by atoms with Gasteiger partial charge in [0.15, 0.2) is 0 Å². The second-order valence-electron chi connectivity index (χ2n) is 4.21. The van der Waals surface area contributed by atoms with Gasteiger partial charge < -0.3 is 5.11 Å². The summed E-state index contributed by atoms with van der Waals surface area (Å²) in [4.78, 5) is 0. The van der Waals surface area contributed by atoms with Crippen LogP contribution < -0.4 is 0 Å². The van der Waals surface area contributed by atoms with Crippen LogP contribution in [0.4, 0.5) is 0 Å². The number of aliphatic hydroxyl groups is 1. The number of hydrogen-bond acceptors (Lipinski definition) is 1. The zero-order chi connectivity index (χ0) is 8.27. The molecule has 1 nitrogen and oxygen atoms in total. The summed E-state index contributed by atoms with van der Waals surface area (Å²) in [5.41, 5.74) is 0. The SMILES string of the molecule is CC(C)C1CCC(CO)CC1. The van der Waals surface area contributed by atoms with E-state index >= 15 is 0 Å². The van der Waals surface area contributed by atoms with Gasteiger partial charge in [-0.25, -0.2) is 0 Å². The fourth-order valence-corrected chi connectivity index (χ4v) is 2.04. The Balaban J connectivity index is 2.24. The molecular weight excluding hydrogens is 136 g/mol. The van der Waals surface area contributed by atoms with E-state index in [-0.39, 0.29) is 0 Å². The molecule has 1 N–H and O–H groups in total. The fourth-order valence-electron chi connectivity index (χ4n) is 2.04. The summed E-state index contributed by atoms with van der Waals surface area (Å²) in [6, 6.07) is 0. The molecule has 0 aromatic carbocycles. The summed E-state index contributed by atoms with van der Waals surface area (Å²) < 4.78 is 0. The molecule has 0 radical (unpaired) electrons. The van der Waals surface area contributed by atoms with Crippen molar-refractivity contribution in [2.45, 2.75) is 39.5 Å². The number of hydrogen-bond donors (Lipinski definition) is 1. The minimum absolute atomic E-state index is 0.408. The van der Waals surface area contributed by atoms with Crippen LogP contribution in [-0.2, 0) is 0 Å². The Bertz CT molecular complexity index is 101. The van der Waals surface area contributed by atoms with Crippen LogP contribution in [0.5, 0.6) is 0 Å². The molecule has 1 rings (SSSR count). The van der Waals surface area contributed by atoms with E-state index < -0.39 is 0 Å². The predicted molar refractivity (Wildman–Crippen MR) is 47.4 cm³/mol. The van der Waals surface area contributed by atoms with Crippen LogP contribution in [-0.4, -0.2) is 11.7 Å². The summed E-state index contributed by atoms with van der Waals surface area (Å²) in [6.07, 6.45) is 5.17. The first-order valence-corrected chi connectivity index (χ1v) is 4.85. The van der Waals surface area contributed by atoms with E-state index in [2.05, 4.69) is 13.8 Å². The van der Waals surface area contributed by atoms with Crippen LogP contribution in [0.1, 0.15) is 39.5 Å². The molecule has 1 aliphatic rings. The lowest BCUT2D eigenvalue weighted by Gasteiger charge is -2.29. The number of aliphatic hydroxyl groups excluding tert-OH is 1. The maximum atomic E-state index is 8.92. The van der Waals surface area contributed by atoms with Gasteiger partial charge in [0.05, 0.1) is 0 Å². The highest BCUT2D eigenvalue weighted by atomic mass is 16.3. The molecule has 1 aliphatic carbocycles. The van der Waals surface area contributed by atoms with E-state index in [4.69, 9.17) is 5.11 Å². The molecule has 66 valence electrons. The highest BCUT2D eigenvalue weighted by molar-refractivity contribution is 4.73. The van der Waals surface area contributed by atoms with Crippen molar-refractivity contribution in [2.24, 2.45) is 17.8 Å². The van der Waals surface area contributed by atoms with E-state index in [1.54, 1.807) is 0 Å². The van der Waals surface area contributed by atoms with Crippen LogP contribution in [0.15, 0.2) is 0 Å². The van der Waals surface area contributed by atoms with Crippen LogP contribution >= 0.6 is 0 Å². The molecule has 11 heavy (non-hydrogen) atoms. The second-order valence-corrected chi connectivity index (χ2v) is 4.21. The van der Waals surface area contributed by atoms with Gasteiger partial charge >= 0.3 is 0 Å². The minimum atomic E-state index is 0.408. The normalized spacial score (nSPS) is 32.7. The van der Waals surface area contributed by atoms with Gasteiger partial charge in [0.1, 0.15) is 0 Å². The Labute approximate surface area is 69.8 Å². The van der Waals surface area contributed by atoms with Crippen molar-refractivity contribution >= 4 is 0 Å². The molecule has 1 heteroatoms. The lowest BCUT2D eigenvalue weighted by atomic mass is 9.77. The van der Waals surface area contributed by atoms with Crippen molar-refractivity contribution in [1.82, 2.24) is 0 Å². The largest absolute Gasteiger partial charge is 0.396 e. The topological polar surface area (TPSA) is 20.2 Å². The Morgan fingerprint density at radius 2 is 1.73 bits per heavy atom. The smallest absolute Gasteiger partial charge is 0.0459 e. The first kappa shape index (κ1) is 9.05. The summed E-state index contributed by atoms with van der Waals surface area (Å²) >= 11 is 0. The zero-order valence-electron chi connectivity index (χ0n) is 7.71. The van der Waals surface area contributed by atoms with E-state index in [1.807, 2.05) is 0 Å². The Morgan fingerprint density at radius 3 is 2.09 bits per heavy atom. The number of rotatable bonds is 2. The van der Waals surface area contributed by atoms with Crippen molar-refractivity contribution in [3.63, 3.8) is 0 Å². The van der Waals surface area contributed by atoms with E-state index in [9.17, 15) is 0 Å². The molecule has 0 aromatic heterocycles. The summed E-state index contributed by atoms with van der Waals surface area (Å²) in [5.74, 6) is 2.39. The lowest BCUT2D eigenvalue weighted by Crippen LogP contribution is -2.20. The summed E-state index contributed by atoms with van der Waals surface area (Å²) in [6.45, 7) is 5.03. The molecule has 0 atom stereocenters. The highest BCUT2D eigenvalue weighted by Gasteiger charge is 2.22. The van der Waals surface area contributed by atoms with Crippen molar-refractivity contribution in [2.75, 3.05) is 6.61 Å². The van der Waals surface area contributed by atoms with E-state index in [0.29, 0.717) is 12.5 Å². The van der Waals surface area contributed by atoms with Gasteiger partial charge in [0, 0.05) is 6.61 Å². The Kier molecular flexibility index (Phi) is 3.38. The third kappa shape index (κ3) is 2.48. The van der Waals surface area contributed by atoms with Crippen molar-refractivity contribution in [1.29, 1.82) is 0 Å². The Morgan fingerprint density at radius 1 is 1.18 bits per heavy atom. The predicted octanol–water partition coefficient (Wildman–Crippen LogP) is 2.44. The fraction of sp³-hybridized carbons (Fsp3) is 1.00. The van der Waals surface area contributed by atoms with Gasteiger partial charge in [0.25, 0.3) is 0 Å². The quantitative estimate of drug-likeness (QED) is 0.651. The molecule has 0 heterocycles. The second kappa shape index (κ2) is 4.10. The molecule has 0 spiro atoms. The van der Waals surface area contributed by atoms with Crippen molar-refractivity contribution in [3.8, 4) is 0 Å². The lowest BCUT2D eigenvalue weighted by molar-refractivity contribution is 0.151. The Hall–Kier alpha value is -0.0400. The van der Waals surface area contributed by atoms with Gasteiger partial charge in [-0.15, -0.1) is 0 Å². The molecule has 1 saturated carbocycles. The highest BCUT2D eigenvalue weighted by Crippen LogP contribution is 2.32. The third-order valence-electron chi connectivity index (χ3n) is 3.09. The first-order valence-electron chi connectivity index (χ1n) is 4.85. The van der Waals surface area contributed by atoms with Gasteiger partial charge in [-0.1, -0.05) is 13.8 Å².